The minimum Gasteiger partial charge on any atom is -0.465 e. The van der Waals surface area contributed by atoms with Crippen molar-refractivity contribution in [2.45, 2.75) is 51.9 Å². The average molecular weight is 372 g/mol. The fraction of sp³-hybridized carbons (Fsp3) is 0.429. The van der Waals surface area contributed by atoms with Crippen LogP contribution in [0.2, 0.25) is 0 Å². The van der Waals surface area contributed by atoms with Crippen LogP contribution in [0.25, 0.3) is 0 Å². The van der Waals surface area contributed by atoms with Crippen LogP contribution in [0.3, 0.4) is 0 Å². The van der Waals surface area contributed by atoms with Crippen molar-refractivity contribution in [2.24, 2.45) is 0 Å². The first-order chi connectivity index (χ1) is 12.6. The first-order valence-corrected chi connectivity index (χ1v) is 10.0. The molecule has 1 amide bonds. The van der Waals surface area contributed by atoms with Crippen molar-refractivity contribution in [1.29, 1.82) is 0 Å². The number of esters is 1. The minimum absolute atomic E-state index is 0.101. The molecule has 0 bridgehead atoms. The summed E-state index contributed by atoms with van der Waals surface area (Å²) in [5.41, 5.74) is 3.85. The minimum atomic E-state index is -0.355. The lowest BCUT2D eigenvalue weighted by Crippen LogP contribution is -2.16. The molecule has 0 saturated heterocycles. The largest absolute Gasteiger partial charge is 0.465 e. The second-order valence-electron chi connectivity index (χ2n) is 6.66. The van der Waals surface area contributed by atoms with Gasteiger partial charge in [0.15, 0.2) is 0 Å². The summed E-state index contributed by atoms with van der Waals surface area (Å²) >= 11 is 1.53. The SMILES string of the molecule is CCc1ccc(CC(=O)Nc2sc3c(c2C(=O)OC)CCCCC3)cc1. The third kappa shape index (κ3) is 4.15. The van der Waals surface area contributed by atoms with Gasteiger partial charge >= 0.3 is 5.97 Å². The zero-order valence-corrected chi connectivity index (χ0v) is 16.2. The molecular formula is C21H25NO3S. The summed E-state index contributed by atoms with van der Waals surface area (Å²) in [5, 5.41) is 3.60. The molecule has 0 spiro atoms. The molecule has 1 heterocycles. The average Bonchev–Trinajstić information content (AvgIpc) is 2.82. The van der Waals surface area contributed by atoms with Crippen LogP contribution in [0.5, 0.6) is 0 Å². The van der Waals surface area contributed by atoms with Gasteiger partial charge in [-0.25, -0.2) is 4.79 Å². The highest BCUT2D eigenvalue weighted by Crippen LogP contribution is 2.38. The molecule has 0 atom stereocenters. The third-order valence-electron chi connectivity index (χ3n) is 4.86. The summed E-state index contributed by atoms with van der Waals surface area (Å²) in [6.07, 6.45) is 6.51. The summed E-state index contributed by atoms with van der Waals surface area (Å²) in [6.45, 7) is 2.11. The number of nitrogens with one attached hydrogen (secondary N) is 1. The predicted molar refractivity (Wildman–Crippen MR) is 105 cm³/mol. The Morgan fingerprint density at radius 3 is 2.46 bits per heavy atom. The van der Waals surface area contributed by atoms with Gasteiger partial charge in [-0.05, 0) is 48.8 Å². The number of methoxy groups -OCH3 is 1. The molecule has 2 aromatic rings. The van der Waals surface area contributed by atoms with Gasteiger partial charge in [0.25, 0.3) is 0 Å². The van der Waals surface area contributed by atoms with Crippen molar-refractivity contribution >= 4 is 28.2 Å². The molecule has 1 aromatic carbocycles. The molecule has 1 aliphatic rings. The molecular weight excluding hydrogens is 346 g/mol. The molecule has 0 saturated carbocycles. The maximum atomic E-state index is 12.5. The van der Waals surface area contributed by atoms with Gasteiger partial charge in [0.2, 0.25) is 5.91 Å². The number of aryl methyl sites for hydroxylation is 2. The van der Waals surface area contributed by atoms with Crippen LogP contribution in [0, 0.1) is 0 Å². The number of hydrogen-bond acceptors (Lipinski definition) is 4. The zero-order valence-electron chi connectivity index (χ0n) is 15.4. The lowest BCUT2D eigenvalue weighted by Gasteiger charge is -2.08. The van der Waals surface area contributed by atoms with E-state index in [-0.39, 0.29) is 11.9 Å². The topological polar surface area (TPSA) is 55.4 Å². The smallest absolute Gasteiger partial charge is 0.341 e. The second kappa shape index (κ2) is 8.49. The van der Waals surface area contributed by atoms with Gasteiger partial charge in [0.1, 0.15) is 5.00 Å². The number of thiophene rings is 1. The van der Waals surface area contributed by atoms with Gasteiger partial charge < -0.3 is 10.1 Å². The highest BCUT2D eigenvalue weighted by Gasteiger charge is 2.26. The van der Waals surface area contributed by atoms with Crippen LogP contribution in [0.4, 0.5) is 5.00 Å². The van der Waals surface area contributed by atoms with E-state index in [0.29, 0.717) is 17.0 Å². The number of amides is 1. The van der Waals surface area contributed by atoms with Gasteiger partial charge in [0.05, 0.1) is 19.1 Å². The fourth-order valence-electron chi connectivity index (χ4n) is 3.40. The summed E-state index contributed by atoms with van der Waals surface area (Å²) < 4.78 is 4.98. The van der Waals surface area contributed by atoms with Gasteiger partial charge in [0, 0.05) is 4.88 Å². The van der Waals surface area contributed by atoms with Crippen LogP contribution in [0.15, 0.2) is 24.3 Å². The Hall–Kier alpha value is -2.14. The Morgan fingerprint density at radius 1 is 1.08 bits per heavy atom. The molecule has 0 aliphatic heterocycles. The number of carbonyl (C=O) groups excluding carboxylic acids is 2. The Labute approximate surface area is 158 Å². The van der Waals surface area contributed by atoms with Crippen molar-refractivity contribution in [1.82, 2.24) is 0 Å². The number of fused-ring (bicyclic) bond motifs is 1. The molecule has 4 nitrogen and oxygen atoms in total. The Morgan fingerprint density at radius 2 is 1.77 bits per heavy atom. The van der Waals surface area contributed by atoms with Gasteiger partial charge in [-0.2, -0.15) is 0 Å². The second-order valence-corrected chi connectivity index (χ2v) is 7.76. The van der Waals surface area contributed by atoms with E-state index in [1.54, 1.807) is 0 Å². The van der Waals surface area contributed by atoms with E-state index in [4.69, 9.17) is 4.74 Å². The van der Waals surface area contributed by atoms with Crippen molar-refractivity contribution in [3.63, 3.8) is 0 Å². The third-order valence-corrected chi connectivity index (χ3v) is 6.07. The molecule has 1 aromatic heterocycles. The lowest BCUT2D eigenvalue weighted by atomic mass is 10.1. The van der Waals surface area contributed by atoms with E-state index in [2.05, 4.69) is 24.4 Å². The van der Waals surface area contributed by atoms with Crippen molar-refractivity contribution in [3.05, 3.63) is 51.4 Å². The number of rotatable bonds is 5. The summed E-state index contributed by atoms with van der Waals surface area (Å²) in [4.78, 5) is 26.1. The van der Waals surface area contributed by atoms with E-state index in [1.807, 2.05) is 12.1 Å². The maximum absolute atomic E-state index is 12.5. The van der Waals surface area contributed by atoms with Crippen LogP contribution in [-0.2, 0) is 35.2 Å². The number of benzene rings is 1. The molecule has 5 heteroatoms. The van der Waals surface area contributed by atoms with Crippen LogP contribution in [0.1, 0.15) is 58.1 Å². The number of anilines is 1. The van der Waals surface area contributed by atoms with E-state index in [1.165, 1.54) is 35.3 Å². The summed E-state index contributed by atoms with van der Waals surface area (Å²) in [5.74, 6) is -0.456. The zero-order chi connectivity index (χ0) is 18.5. The van der Waals surface area contributed by atoms with Crippen LogP contribution < -0.4 is 5.32 Å². The molecule has 3 rings (SSSR count). The molecule has 0 unspecified atom stereocenters. The number of hydrogen-bond donors (Lipinski definition) is 1. The molecule has 0 radical (unpaired) electrons. The Balaban J connectivity index is 1.79. The highest BCUT2D eigenvalue weighted by molar-refractivity contribution is 7.17. The molecule has 0 fully saturated rings. The molecule has 1 N–H and O–H groups in total. The quantitative estimate of drug-likeness (QED) is 0.620. The lowest BCUT2D eigenvalue weighted by molar-refractivity contribution is -0.115. The highest BCUT2D eigenvalue weighted by atomic mass is 32.1. The normalized spacial score (nSPS) is 13.6. The molecule has 26 heavy (non-hydrogen) atoms. The monoisotopic (exact) mass is 371 g/mol. The standard InChI is InChI=1S/C21H25NO3S/c1-3-14-9-11-15(12-10-14)13-18(23)22-20-19(21(24)25-2)16-7-5-4-6-8-17(16)26-20/h9-12H,3-8,13H2,1-2H3,(H,22,23). The first-order valence-electron chi connectivity index (χ1n) is 9.23. The maximum Gasteiger partial charge on any atom is 0.341 e. The fourth-order valence-corrected chi connectivity index (χ4v) is 4.69. The molecule has 1 aliphatic carbocycles. The number of ether oxygens (including phenoxy) is 1. The molecule has 138 valence electrons. The van der Waals surface area contributed by atoms with Gasteiger partial charge in [-0.15, -0.1) is 11.3 Å². The van der Waals surface area contributed by atoms with E-state index < -0.39 is 0 Å². The van der Waals surface area contributed by atoms with Crippen LogP contribution >= 0.6 is 11.3 Å². The van der Waals surface area contributed by atoms with Crippen LogP contribution in [-0.4, -0.2) is 19.0 Å². The summed E-state index contributed by atoms with van der Waals surface area (Å²) in [7, 11) is 1.39. The van der Waals surface area contributed by atoms with E-state index >= 15 is 0 Å². The van der Waals surface area contributed by atoms with Crippen molar-refractivity contribution in [3.8, 4) is 0 Å². The Kier molecular flexibility index (Phi) is 6.09. The van der Waals surface area contributed by atoms with Crippen molar-refractivity contribution in [2.75, 3.05) is 12.4 Å². The van der Waals surface area contributed by atoms with Gasteiger partial charge in [-0.3, -0.25) is 4.79 Å². The van der Waals surface area contributed by atoms with E-state index in [0.717, 1.165) is 43.2 Å². The number of carbonyl (C=O) groups is 2. The van der Waals surface area contributed by atoms with E-state index in [9.17, 15) is 9.59 Å². The van der Waals surface area contributed by atoms with Crippen molar-refractivity contribution < 1.29 is 14.3 Å². The summed E-state index contributed by atoms with van der Waals surface area (Å²) in [6, 6.07) is 8.08. The van der Waals surface area contributed by atoms with Gasteiger partial charge in [-0.1, -0.05) is 37.6 Å². The predicted octanol–water partition coefficient (Wildman–Crippen LogP) is 4.55. The Bertz CT molecular complexity index is 792. The first kappa shape index (κ1) is 18.6.